The molecule has 0 aromatic heterocycles. The van der Waals surface area contributed by atoms with Gasteiger partial charge in [-0.05, 0) is 49.3 Å². The maximum absolute atomic E-state index is 13.9. The third kappa shape index (κ3) is 7.19. The van der Waals surface area contributed by atoms with E-state index >= 15 is 0 Å². The average Bonchev–Trinajstić information content (AvgIpc) is 3.43. The highest BCUT2D eigenvalue weighted by Gasteiger charge is 2.23. The monoisotopic (exact) mass is 389 g/mol. The molecule has 1 aliphatic carbocycles. The molecule has 0 bridgehead atoms. The Morgan fingerprint density at radius 3 is 2.77 bits per heavy atom. The van der Waals surface area contributed by atoms with Crippen LogP contribution < -0.4 is 9.46 Å². The lowest BCUT2D eigenvalue weighted by Crippen LogP contribution is -2.31. The lowest BCUT2D eigenvalue weighted by molar-refractivity contribution is -0.0298. The Labute approximate surface area is 155 Å². The largest absolute Gasteiger partial charge is 0.490 e. The van der Waals surface area contributed by atoms with Crippen molar-refractivity contribution in [3.63, 3.8) is 0 Å². The van der Waals surface area contributed by atoms with Gasteiger partial charge in [-0.2, -0.15) is 0 Å². The Balaban J connectivity index is 1.94. The lowest BCUT2D eigenvalue weighted by atomic mass is 10.1. The summed E-state index contributed by atoms with van der Waals surface area (Å²) >= 11 is 0. The van der Waals surface area contributed by atoms with E-state index in [1.807, 2.05) is 6.92 Å². The molecule has 148 valence electrons. The third-order valence-corrected chi connectivity index (χ3v) is 5.63. The quantitative estimate of drug-likeness (QED) is 0.415. The van der Waals surface area contributed by atoms with Crippen LogP contribution in [0.3, 0.4) is 0 Å². The highest BCUT2D eigenvalue weighted by molar-refractivity contribution is 7.89. The number of halogens is 1. The van der Waals surface area contributed by atoms with Gasteiger partial charge in [0.2, 0.25) is 10.0 Å². The van der Waals surface area contributed by atoms with Gasteiger partial charge in [0.1, 0.15) is 6.79 Å². The van der Waals surface area contributed by atoms with Gasteiger partial charge in [-0.25, -0.2) is 17.5 Å². The minimum Gasteiger partial charge on any atom is -0.490 e. The van der Waals surface area contributed by atoms with E-state index < -0.39 is 21.9 Å². The van der Waals surface area contributed by atoms with Gasteiger partial charge in [-0.1, -0.05) is 13.0 Å². The molecule has 8 heteroatoms. The Morgan fingerprint density at radius 2 is 2.12 bits per heavy atom. The van der Waals surface area contributed by atoms with Gasteiger partial charge < -0.3 is 14.2 Å². The molecule has 0 unspecified atom stereocenters. The van der Waals surface area contributed by atoms with Gasteiger partial charge in [0.05, 0.1) is 19.0 Å². The number of hydrogen-bond acceptors (Lipinski definition) is 5. The van der Waals surface area contributed by atoms with Crippen LogP contribution in [0, 0.1) is 11.7 Å². The van der Waals surface area contributed by atoms with Crippen LogP contribution in [-0.4, -0.2) is 41.3 Å². The van der Waals surface area contributed by atoms with Crippen LogP contribution >= 0.6 is 0 Å². The van der Waals surface area contributed by atoms with Crippen molar-refractivity contribution in [2.24, 2.45) is 5.92 Å². The first-order chi connectivity index (χ1) is 12.4. The van der Waals surface area contributed by atoms with Crippen molar-refractivity contribution >= 4 is 10.0 Å². The summed E-state index contributed by atoms with van der Waals surface area (Å²) in [6.45, 7) is 2.83. The number of sulfonamides is 1. The van der Waals surface area contributed by atoms with Gasteiger partial charge in [0.15, 0.2) is 11.6 Å². The summed E-state index contributed by atoms with van der Waals surface area (Å²) in [6.07, 6.45) is 3.15. The van der Waals surface area contributed by atoms with E-state index in [-0.39, 0.29) is 18.3 Å². The zero-order valence-corrected chi connectivity index (χ0v) is 16.2. The maximum atomic E-state index is 13.9. The fourth-order valence-corrected chi connectivity index (χ4v) is 3.85. The SMILES string of the molecule is CC[C@@H](NS(=O)(=O)CCCOCOC)c1ccc(F)c(OCC2CC2)c1. The molecule has 6 nitrogen and oxygen atoms in total. The Hall–Kier alpha value is -1.22. The predicted molar refractivity (Wildman–Crippen MR) is 97.0 cm³/mol. The van der Waals surface area contributed by atoms with Crippen molar-refractivity contribution in [2.45, 2.75) is 38.6 Å². The van der Waals surface area contributed by atoms with E-state index in [1.165, 1.54) is 13.2 Å². The molecule has 0 spiro atoms. The van der Waals surface area contributed by atoms with Crippen LogP contribution in [0.15, 0.2) is 18.2 Å². The topological polar surface area (TPSA) is 73.9 Å². The summed E-state index contributed by atoms with van der Waals surface area (Å²) in [5.74, 6) is 0.223. The lowest BCUT2D eigenvalue weighted by Gasteiger charge is -2.19. The number of methoxy groups -OCH3 is 1. The second kappa shape index (κ2) is 10.2. The highest BCUT2D eigenvalue weighted by Crippen LogP contribution is 2.31. The fraction of sp³-hybridized carbons (Fsp3) is 0.667. The summed E-state index contributed by atoms with van der Waals surface area (Å²) in [5.41, 5.74) is 0.693. The number of rotatable bonds is 13. The normalized spacial score (nSPS) is 15.8. The fourth-order valence-electron chi connectivity index (χ4n) is 2.50. The molecule has 1 aromatic rings. The standard InChI is InChI=1S/C18H28FNO5S/c1-3-17(20-26(21,22)10-4-9-24-13-23-2)15-7-8-16(19)18(11-15)25-12-14-5-6-14/h7-8,11,14,17,20H,3-6,9-10,12-13H2,1-2H3/t17-/m1/s1. The zero-order valence-electron chi connectivity index (χ0n) is 15.4. The molecule has 1 fully saturated rings. The van der Waals surface area contributed by atoms with Gasteiger partial charge >= 0.3 is 0 Å². The summed E-state index contributed by atoms with van der Waals surface area (Å²) < 4.78 is 56.6. The molecule has 0 amide bonds. The molecular weight excluding hydrogens is 361 g/mol. The van der Waals surface area contributed by atoms with Crippen molar-refractivity contribution in [1.82, 2.24) is 4.72 Å². The van der Waals surface area contributed by atoms with Crippen molar-refractivity contribution in [3.8, 4) is 5.75 Å². The zero-order chi connectivity index (χ0) is 19.0. The molecule has 1 saturated carbocycles. The van der Waals surface area contributed by atoms with E-state index in [0.717, 1.165) is 12.8 Å². The summed E-state index contributed by atoms with van der Waals surface area (Å²) in [6, 6.07) is 4.09. The van der Waals surface area contributed by atoms with Crippen LogP contribution in [-0.2, 0) is 19.5 Å². The third-order valence-electron chi connectivity index (χ3n) is 4.16. The van der Waals surface area contributed by atoms with Crippen LogP contribution in [0.5, 0.6) is 5.75 Å². The van der Waals surface area contributed by atoms with E-state index in [1.54, 1.807) is 12.1 Å². The minimum atomic E-state index is -3.47. The first-order valence-electron chi connectivity index (χ1n) is 8.94. The number of hydrogen-bond donors (Lipinski definition) is 1. The van der Waals surface area contributed by atoms with E-state index in [0.29, 0.717) is 37.5 Å². The highest BCUT2D eigenvalue weighted by atomic mass is 32.2. The Morgan fingerprint density at radius 1 is 1.35 bits per heavy atom. The second-order valence-electron chi connectivity index (χ2n) is 6.51. The van der Waals surface area contributed by atoms with Crippen molar-refractivity contribution in [1.29, 1.82) is 0 Å². The number of ether oxygens (including phenoxy) is 3. The van der Waals surface area contributed by atoms with Crippen LogP contribution in [0.4, 0.5) is 4.39 Å². The number of benzene rings is 1. The van der Waals surface area contributed by atoms with E-state index in [9.17, 15) is 12.8 Å². The van der Waals surface area contributed by atoms with Crippen molar-refractivity contribution in [3.05, 3.63) is 29.6 Å². The molecule has 1 atom stereocenters. The molecule has 0 aliphatic heterocycles. The number of nitrogens with one attached hydrogen (secondary N) is 1. The van der Waals surface area contributed by atoms with E-state index in [2.05, 4.69) is 4.72 Å². The molecule has 0 heterocycles. The minimum absolute atomic E-state index is 0.0422. The Bertz CT molecular complexity index is 664. The molecule has 2 rings (SSSR count). The molecule has 1 N–H and O–H groups in total. The molecule has 0 radical (unpaired) electrons. The van der Waals surface area contributed by atoms with Gasteiger partial charge in [0, 0.05) is 13.2 Å². The first-order valence-corrected chi connectivity index (χ1v) is 10.6. The van der Waals surface area contributed by atoms with Gasteiger partial charge in [0.25, 0.3) is 0 Å². The maximum Gasteiger partial charge on any atom is 0.212 e. The molecule has 1 aliphatic rings. The van der Waals surface area contributed by atoms with Crippen LogP contribution in [0.1, 0.15) is 44.2 Å². The van der Waals surface area contributed by atoms with Crippen LogP contribution in [0.25, 0.3) is 0 Å². The second-order valence-corrected chi connectivity index (χ2v) is 8.38. The molecule has 1 aromatic carbocycles. The molecular formula is C18H28FNO5S. The molecule has 26 heavy (non-hydrogen) atoms. The van der Waals surface area contributed by atoms with Gasteiger partial charge in [-0.3, -0.25) is 0 Å². The van der Waals surface area contributed by atoms with Gasteiger partial charge in [-0.15, -0.1) is 0 Å². The first kappa shape index (κ1) is 21.1. The smallest absolute Gasteiger partial charge is 0.212 e. The average molecular weight is 389 g/mol. The Kier molecular flexibility index (Phi) is 8.27. The van der Waals surface area contributed by atoms with Crippen LogP contribution in [0.2, 0.25) is 0 Å². The van der Waals surface area contributed by atoms with Crippen molar-refractivity contribution in [2.75, 3.05) is 32.9 Å². The molecule has 0 saturated heterocycles. The summed E-state index contributed by atoms with van der Waals surface area (Å²) in [4.78, 5) is 0. The summed E-state index contributed by atoms with van der Waals surface area (Å²) in [7, 11) is -1.96. The van der Waals surface area contributed by atoms with Crippen molar-refractivity contribution < 1.29 is 27.0 Å². The summed E-state index contributed by atoms with van der Waals surface area (Å²) in [5, 5.41) is 0. The predicted octanol–water partition coefficient (Wildman–Crippen LogP) is 3.00. The van der Waals surface area contributed by atoms with E-state index in [4.69, 9.17) is 14.2 Å².